The third kappa shape index (κ3) is 5.65. The second-order valence-electron chi connectivity index (χ2n) is 4.25. The molecule has 1 saturated carbocycles. The zero-order valence-corrected chi connectivity index (χ0v) is 9.68. The van der Waals surface area contributed by atoms with Crippen LogP contribution < -0.4 is 5.32 Å². The fraction of sp³-hybridized carbons (Fsp3) is 0.900. The van der Waals surface area contributed by atoms with E-state index in [0.29, 0.717) is 0 Å². The number of ether oxygens (including phenoxy) is 1. The Hall–Kier alpha value is -1.01. The van der Waals surface area contributed by atoms with Crippen LogP contribution >= 0.6 is 0 Å². The number of nitriles is 1. The Morgan fingerprint density at radius 2 is 1.68 bits per heavy atom. The Balaban J connectivity index is 2.41. The molecule has 0 heterocycles. The minimum atomic E-state index is -5.51. The van der Waals surface area contributed by atoms with Crippen LogP contribution in [0.3, 0.4) is 0 Å². The van der Waals surface area contributed by atoms with Crippen LogP contribution in [0.2, 0.25) is 0 Å². The summed E-state index contributed by atoms with van der Waals surface area (Å²) in [5.74, 6) is 0. The van der Waals surface area contributed by atoms with Crippen molar-refractivity contribution >= 4 is 0 Å². The largest absolute Gasteiger partial charge is 0.423 e. The molecule has 0 bridgehead atoms. The first kappa shape index (κ1) is 16.0. The lowest BCUT2D eigenvalue weighted by atomic mass is 10.2. The number of alkyl halides is 6. The summed E-state index contributed by atoms with van der Waals surface area (Å²) in [6, 6.07) is 1.10. The zero-order chi connectivity index (χ0) is 14.7. The van der Waals surface area contributed by atoms with Gasteiger partial charge in [-0.3, -0.25) is 5.32 Å². The lowest BCUT2D eigenvalue weighted by molar-refractivity contribution is -0.321. The van der Waals surface area contributed by atoms with Crippen molar-refractivity contribution in [3.8, 4) is 6.07 Å². The molecule has 1 unspecified atom stereocenters. The van der Waals surface area contributed by atoms with Gasteiger partial charge in [0, 0.05) is 6.04 Å². The van der Waals surface area contributed by atoms with E-state index in [9.17, 15) is 26.3 Å². The number of nitrogens with zero attached hydrogens (tertiary/aromatic N) is 1. The summed E-state index contributed by atoms with van der Waals surface area (Å²) in [5, 5.41) is 11.5. The van der Waals surface area contributed by atoms with Gasteiger partial charge in [-0.1, -0.05) is 0 Å². The molecule has 1 aliphatic rings. The molecule has 0 radical (unpaired) electrons. The number of rotatable bonds is 6. The summed E-state index contributed by atoms with van der Waals surface area (Å²) < 4.78 is 76.6. The van der Waals surface area contributed by atoms with Crippen molar-refractivity contribution in [1.82, 2.24) is 5.32 Å². The summed E-state index contributed by atoms with van der Waals surface area (Å²) in [4.78, 5) is 0. The molecule has 1 aliphatic carbocycles. The lowest BCUT2D eigenvalue weighted by Gasteiger charge is -2.23. The molecule has 0 aliphatic heterocycles. The van der Waals surface area contributed by atoms with E-state index in [0.717, 1.165) is 12.8 Å². The Morgan fingerprint density at radius 1 is 1.16 bits per heavy atom. The van der Waals surface area contributed by atoms with Crippen LogP contribution in [-0.4, -0.2) is 37.1 Å². The number of hydrogen-bond acceptors (Lipinski definition) is 3. The summed E-state index contributed by atoms with van der Waals surface area (Å²) in [6.07, 6.45) is -13.3. The Kier molecular flexibility index (Phi) is 5.04. The van der Waals surface area contributed by atoms with Gasteiger partial charge in [0.1, 0.15) is 0 Å². The van der Waals surface area contributed by atoms with Crippen molar-refractivity contribution < 1.29 is 31.1 Å². The van der Waals surface area contributed by atoms with Crippen LogP contribution in [-0.2, 0) is 4.74 Å². The SMILES string of the molecule is N#CC(CCOC(C(F)(F)F)C(F)(F)F)NC1CC1. The van der Waals surface area contributed by atoms with Gasteiger partial charge in [-0.15, -0.1) is 0 Å². The first-order valence-electron chi connectivity index (χ1n) is 5.55. The zero-order valence-electron chi connectivity index (χ0n) is 9.68. The van der Waals surface area contributed by atoms with E-state index in [1.807, 2.05) is 0 Å². The third-order valence-corrected chi connectivity index (χ3v) is 2.46. The monoisotopic (exact) mass is 290 g/mol. The van der Waals surface area contributed by atoms with E-state index >= 15 is 0 Å². The summed E-state index contributed by atoms with van der Waals surface area (Å²) in [5.41, 5.74) is 0. The van der Waals surface area contributed by atoms with Gasteiger partial charge in [-0.2, -0.15) is 31.6 Å². The summed E-state index contributed by atoms with van der Waals surface area (Å²) in [6.45, 7) is -0.790. The van der Waals surface area contributed by atoms with Crippen LogP contribution in [0.25, 0.3) is 0 Å². The van der Waals surface area contributed by atoms with E-state index in [-0.39, 0.29) is 12.5 Å². The molecule has 110 valence electrons. The molecule has 0 aromatic rings. The highest BCUT2D eigenvalue weighted by Crippen LogP contribution is 2.35. The van der Waals surface area contributed by atoms with Gasteiger partial charge in [0.25, 0.3) is 0 Å². The third-order valence-electron chi connectivity index (χ3n) is 2.46. The molecule has 19 heavy (non-hydrogen) atoms. The molecule has 1 rings (SSSR count). The summed E-state index contributed by atoms with van der Waals surface area (Å²) in [7, 11) is 0. The molecule has 0 amide bonds. The Bertz CT molecular complexity index is 316. The van der Waals surface area contributed by atoms with Crippen molar-refractivity contribution in [3.63, 3.8) is 0 Å². The van der Waals surface area contributed by atoms with Crippen molar-refractivity contribution in [3.05, 3.63) is 0 Å². The maximum absolute atomic E-state index is 12.1. The lowest BCUT2D eigenvalue weighted by Crippen LogP contribution is -2.45. The van der Waals surface area contributed by atoms with Crippen LogP contribution in [0.4, 0.5) is 26.3 Å². The van der Waals surface area contributed by atoms with Crippen molar-refractivity contribution in [2.75, 3.05) is 6.61 Å². The van der Waals surface area contributed by atoms with E-state index < -0.39 is 31.1 Å². The normalized spacial score (nSPS) is 18.4. The van der Waals surface area contributed by atoms with E-state index in [1.165, 1.54) is 0 Å². The molecule has 0 aromatic carbocycles. The predicted octanol–water partition coefficient (Wildman–Crippen LogP) is 2.53. The highest BCUT2D eigenvalue weighted by molar-refractivity contribution is 4.95. The predicted molar refractivity (Wildman–Crippen MR) is 52.0 cm³/mol. The van der Waals surface area contributed by atoms with Crippen LogP contribution in [0.15, 0.2) is 0 Å². The Labute approximate surface area is 105 Å². The van der Waals surface area contributed by atoms with Gasteiger partial charge in [-0.25, -0.2) is 0 Å². The highest BCUT2D eigenvalue weighted by Gasteiger charge is 2.57. The van der Waals surface area contributed by atoms with E-state index in [4.69, 9.17) is 5.26 Å². The molecule has 0 aromatic heterocycles. The minimum absolute atomic E-state index is 0.130. The van der Waals surface area contributed by atoms with Gasteiger partial charge in [0.2, 0.25) is 6.10 Å². The minimum Gasteiger partial charge on any atom is -0.361 e. The average Bonchev–Trinajstić information content (AvgIpc) is 3.02. The first-order chi connectivity index (χ1) is 8.64. The van der Waals surface area contributed by atoms with Crippen LogP contribution in [0.1, 0.15) is 19.3 Å². The maximum atomic E-state index is 12.1. The van der Waals surface area contributed by atoms with Crippen molar-refractivity contribution in [1.29, 1.82) is 5.26 Å². The van der Waals surface area contributed by atoms with Crippen LogP contribution in [0.5, 0.6) is 0 Å². The fourth-order valence-electron chi connectivity index (χ4n) is 1.40. The standard InChI is InChI=1S/C10H12F6N2O/c11-9(12,13)8(10(14,15)16)19-4-3-7(5-17)18-6-1-2-6/h6-8,18H,1-4H2. The van der Waals surface area contributed by atoms with Gasteiger partial charge in [0.05, 0.1) is 18.7 Å². The smallest absolute Gasteiger partial charge is 0.361 e. The first-order valence-corrected chi connectivity index (χ1v) is 5.55. The molecule has 0 spiro atoms. The van der Waals surface area contributed by atoms with Crippen LogP contribution in [0, 0.1) is 11.3 Å². The maximum Gasteiger partial charge on any atom is 0.423 e. The highest BCUT2D eigenvalue weighted by atomic mass is 19.4. The summed E-state index contributed by atoms with van der Waals surface area (Å²) >= 11 is 0. The van der Waals surface area contributed by atoms with Gasteiger partial charge < -0.3 is 4.74 Å². The second-order valence-corrected chi connectivity index (χ2v) is 4.25. The second kappa shape index (κ2) is 5.96. The number of nitrogens with one attached hydrogen (secondary N) is 1. The molecule has 9 heteroatoms. The molecule has 0 saturated heterocycles. The molecular formula is C10H12F6N2O. The number of halogens is 6. The van der Waals surface area contributed by atoms with Gasteiger partial charge in [0.15, 0.2) is 0 Å². The fourth-order valence-corrected chi connectivity index (χ4v) is 1.40. The van der Waals surface area contributed by atoms with Crippen molar-refractivity contribution in [2.24, 2.45) is 0 Å². The molecule has 1 fully saturated rings. The van der Waals surface area contributed by atoms with Gasteiger partial charge in [-0.05, 0) is 19.3 Å². The van der Waals surface area contributed by atoms with E-state index in [2.05, 4.69) is 10.1 Å². The average molecular weight is 290 g/mol. The molecular weight excluding hydrogens is 278 g/mol. The Morgan fingerprint density at radius 3 is 2.05 bits per heavy atom. The molecule has 1 N–H and O–H groups in total. The van der Waals surface area contributed by atoms with Gasteiger partial charge >= 0.3 is 12.4 Å². The van der Waals surface area contributed by atoms with E-state index in [1.54, 1.807) is 6.07 Å². The quantitative estimate of drug-likeness (QED) is 0.765. The molecule has 3 nitrogen and oxygen atoms in total. The van der Waals surface area contributed by atoms with Crippen molar-refractivity contribution in [2.45, 2.75) is 49.8 Å². The molecule has 1 atom stereocenters. The topological polar surface area (TPSA) is 45.0 Å². The number of hydrogen-bond donors (Lipinski definition) is 1.